The number of alkyl halides is 1. The summed E-state index contributed by atoms with van der Waals surface area (Å²) in [5.41, 5.74) is 7.17. The van der Waals surface area contributed by atoms with E-state index in [4.69, 9.17) is 28.9 Å². The van der Waals surface area contributed by atoms with Crippen molar-refractivity contribution < 1.29 is 0 Å². The number of aliphatic imine (C=N–C) groups is 1. The molecule has 0 aliphatic heterocycles. The predicted molar refractivity (Wildman–Crippen MR) is 67.8 cm³/mol. The molecule has 1 rings (SSSR count). The second-order valence-electron chi connectivity index (χ2n) is 3.27. The van der Waals surface area contributed by atoms with Crippen molar-refractivity contribution in [1.29, 1.82) is 0 Å². The van der Waals surface area contributed by atoms with Crippen molar-refractivity contribution in [3.05, 3.63) is 23.2 Å². The van der Waals surface area contributed by atoms with Crippen LogP contribution in [0.4, 0.5) is 11.4 Å². The number of nitrogens with two attached hydrogens (primary N) is 1. The summed E-state index contributed by atoms with van der Waals surface area (Å²) >= 11 is 11.6. The number of benzene rings is 1. The van der Waals surface area contributed by atoms with Crippen LogP contribution in [0.25, 0.3) is 0 Å². The molecule has 0 atom stereocenters. The van der Waals surface area contributed by atoms with Crippen molar-refractivity contribution in [3.8, 4) is 0 Å². The van der Waals surface area contributed by atoms with E-state index in [0.717, 1.165) is 5.69 Å². The summed E-state index contributed by atoms with van der Waals surface area (Å²) in [5, 5.41) is 0.642. The largest absolute Gasteiger partial charge is 0.386 e. The Balaban J connectivity index is 3.02. The monoisotopic (exact) mass is 245 g/mol. The first-order chi connectivity index (χ1) is 7.04. The summed E-state index contributed by atoms with van der Waals surface area (Å²) in [5.74, 6) is 0.595. The van der Waals surface area contributed by atoms with E-state index in [1.54, 1.807) is 6.07 Å². The fourth-order valence-electron chi connectivity index (χ4n) is 1.12. The van der Waals surface area contributed by atoms with Gasteiger partial charge >= 0.3 is 0 Å². The summed E-state index contributed by atoms with van der Waals surface area (Å²) < 4.78 is 0. The number of amidine groups is 1. The third kappa shape index (κ3) is 3.29. The summed E-state index contributed by atoms with van der Waals surface area (Å²) in [6, 6.07) is 5.50. The Bertz CT molecular complexity index is 375. The van der Waals surface area contributed by atoms with Gasteiger partial charge in [0.15, 0.2) is 0 Å². The fourth-order valence-corrected chi connectivity index (χ4v) is 1.53. The van der Waals surface area contributed by atoms with Crippen molar-refractivity contribution in [1.82, 2.24) is 0 Å². The Kier molecular flexibility index (Phi) is 4.24. The molecule has 0 unspecified atom stereocenters. The maximum atomic E-state index is 6.07. The van der Waals surface area contributed by atoms with Crippen LogP contribution in [-0.4, -0.2) is 25.8 Å². The topological polar surface area (TPSA) is 41.6 Å². The van der Waals surface area contributed by atoms with Crippen LogP contribution < -0.4 is 10.6 Å². The molecule has 0 radical (unpaired) electrons. The molecule has 5 heteroatoms. The molecular formula is C10H13Cl2N3. The first-order valence-electron chi connectivity index (χ1n) is 4.40. The zero-order valence-corrected chi connectivity index (χ0v) is 10.2. The second kappa shape index (κ2) is 5.24. The van der Waals surface area contributed by atoms with Crippen LogP contribution in [0.5, 0.6) is 0 Å². The van der Waals surface area contributed by atoms with Gasteiger partial charge in [0.05, 0.1) is 22.3 Å². The maximum Gasteiger partial charge on any atom is 0.115 e. The smallest absolute Gasteiger partial charge is 0.115 e. The lowest BCUT2D eigenvalue weighted by Crippen LogP contribution is -2.12. The minimum atomic E-state index is 0.215. The van der Waals surface area contributed by atoms with Crippen LogP contribution in [0, 0.1) is 0 Å². The normalized spacial score (nSPS) is 11.6. The van der Waals surface area contributed by atoms with Gasteiger partial charge in [0.1, 0.15) is 5.84 Å². The standard InChI is InChI=1S/C10H13Cl2N3/c1-15(2)9-4-3-7(5-8(9)12)14-10(13)6-11/h3-5H,6H2,1-2H3,(H2,13,14). The molecular weight excluding hydrogens is 233 g/mol. The number of halogens is 2. The molecule has 15 heavy (non-hydrogen) atoms. The van der Waals surface area contributed by atoms with E-state index in [9.17, 15) is 0 Å². The molecule has 0 saturated carbocycles. The lowest BCUT2D eigenvalue weighted by atomic mass is 10.2. The Hall–Kier alpha value is -0.930. The molecule has 0 spiro atoms. The van der Waals surface area contributed by atoms with Crippen LogP contribution >= 0.6 is 23.2 Å². The van der Waals surface area contributed by atoms with Crippen molar-refractivity contribution in [3.63, 3.8) is 0 Å². The molecule has 0 heterocycles. The molecule has 3 nitrogen and oxygen atoms in total. The highest BCUT2D eigenvalue weighted by molar-refractivity contribution is 6.33. The molecule has 0 bridgehead atoms. The average Bonchev–Trinajstić information content (AvgIpc) is 2.17. The van der Waals surface area contributed by atoms with Gasteiger partial charge in [0.2, 0.25) is 0 Å². The van der Waals surface area contributed by atoms with Gasteiger partial charge in [0, 0.05) is 14.1 Å². The molecule has 0 amide bonds. The van der Waals surface area contributed by atoms with Gasteiger partial charge in [-0.2, -0.15) is 0 Å². The van der Waals surface area contributed by atoms with Gasteiger partial charge in [-0.05, 0) is 18.2 Å². The van der Waals surface area contributed by atoms with Crippen molar-refractivity contribution in [2.75, 3.05) is 24.9 Å². The van der Waals surface area contributed by atoms with E-state index in [0.29, 0.717) is 16.5 Å². The lowest BCUT2D eigenvalue weighted by Gasteiger charge is -2.14. The number of hydrogen-bond acceptors (Lipinski definition) is 2. The minimum Gasteiger partial charge on any atom is -0.386 e. The Morgan fingerprint density at radius 1 is 1.47 bits per heavy atom. The van der Waals surface area contributed by atoms with Crippen molar-refractivity contribution in [2.24, 2.45) is 10.7 Å². The third-order valence-electron chi connectivity index (χ3n) is 1.82. The Morgan fingerprint density at radius 2 is 2.13 bits per heavy atom. The van der Waals surface area contributed by atoms with Gasteiger partial charge in [-0.1, -0.05) is 11.6 Å². The zero-order chi connectivity index (χ0) is 11.4. The van der Waals surface area contributed by atoms with Gasteiger partial charge < -0.3 is 10.6 Å². The average molecular weight is 246 g/mol. The summed E-state index contributed by atoms with van der Waals surface area (Å²) in [4.78, 5) is 6.03. The molecule has 1 aromatic carbocycles. The quantitative estimate of drug-likeness (QED) is 0.506. The fraction of sp³-hybridized carbons (Fsp3) is 0.300. The molecule has 82 valence electrons. The SMILES string of the molecule is CN(C)c1ccc(N=C(N)CCl)cc1Cl. The van der Waals surface area contributed by atoms with Crippen LogP contribution in [0.3, 0.4) is 0 Å². The van der Waals surface area contributed by atoms with E-state index >= 15 is 0 Å². The van der Waals surface area contributed by atoms with E-state index in [1.807, 2.05) is 31.1 Å². The van der Waals surface area contributed by atoms with Gasteiger partial charge in [-0.25, -0.2) is 4.99 Å². The Labute approximate surface area is 99.5 Å². The third-order valence-corrected chi connectivity index (χ3v) is 2.40. The first-order valence-corrected chi connectivity index (χ1v) is 5.31. The van der Waals surface area contributed by atoms with Crippen LogP contribution in [0.1, 0.15) is 0 Å². The van der Waals surface area contributed by atoms with Crippen LogP contribution in [0.2, 0.25) is 5.02 Å². The van der Waals surface area contributed by atoms with Gasteiger partial charge in [0.25, 0.3) is 0 Å². The van der Waals surface area contributed by atoms with E-state index in [1.165, 1.54) is 0 Å². The summed E-state index contributed by atoms with van der Waals surface area (Å²) in [6.07, 6.45) is 0. The molecule has 2 N–H and O–H groups in total. The van der Waals surface area contributed by atoms with Crippen LogP contribution in [0.15, 0.2) is 23.2 Å². The summed E-state index contributed by atoms with van der Waals surface area (Å²) in [7, 11) is 3.86. The molecule has 0 aromatic heterocycles. The van der Waals surface area contributed by atoms with E-state index in [2.05, 4.69) is 4.99 Å². The highest BCUT2D eigenvalue weighted by Gasteiger charge is 2.03. The highest BCUT2D eigenvalue weighted by Crippen LogP contribution is 2.28. The first kappa shape index (κ1) is 12.1. The summed E-state index contributed by atoms with van der Waals surface area (Å²) in [6.45, 7) is 0. The van der Waals surface area contributed by atoms with Crippen molar-refractivity contribution >= 4 is 40.4 Å². The van der Waals surface area contributed by atoms with Crippen LogP contribution in [-0.2, 0) is 0 Å². The molecule has 0 saturated heterocycles. The lowest BCUT2D eigenvalue weighted by molar-refractivity contribution is 1.13. The predicted octanol–water partition coefficient (Wildman–Crippen LogP) is 2.63. The van der Waals surface area contributed by atoms with E-state index < -0.39 is 0 Å². The van der Waals surface area contributed by atoms with Crippen molar-refractivity contribution in [2.45, 2.75) is 0 Å². The zero-order valence-electron chi connectivity index (χ0n) is 8.67. The molecule has 1 aromatic rings. The van der Waals surface area contributed by atoms with E-state index in [-0.39, 0.29) is 5.88 Å². The number of anilines is 1. The highest BCUT2D eigenvalue weighted by atomic mass is 35.5. The second-order valence-corrected chi connectivity index (χ2v) is 3.94. The molecule has 0 fully saturated rings. The number of hydrogen-bond donors (Lipinski definition) is 1. The number of rotatable bonds is 3. The molecule has 0 aliphatic carbocycles. The van der Waals surface area contributed by atoms with Gasteiger partial charge in [-0.15, -0.1) is 11.6 Å². The molecule has 0 aliphatic rings. The minimum absolute atomic E-state index is 0.215. The maximum absolute atomic E-state index is 6.07. The number of nitrogens with zero attached hydrogens (tertiary/aromatic N) is 2. The Morgan fingerprint density at radius 3 is 2.60 bits per heavy atom. The van der Waals surface area contributed by atoms with Gasteiger partial charge in [-0.3, -0.25) is 0 Å².